The molecule has 3 N–H and O–H groups in total. The van der Waals surface area contributed by atoms with E-state index in [4.69, 9.17) is 10.5 Å². The number of nitrogens with two attached hydrogens (primary N) is 1. The van der Waals surface area contributed by atoms with Gasteiger partial charge in [-0.2, -0.15) is 0 Å². The normalized spacial score (nSPS) is 15.1. The molecule has 2 atom stereocenters. The van der Waals surface area contributed by atoms with E-state index in [0.29, 0.717) is 0 Å². The largest absolute Gasteiger partial charge is 0.486 e. The third kappa shape index (κ3) is 4.22. The van der Waals surface area contributed by atoms with Gasteiger partial charge in [-0.25, -0.2) is 0 Å². The van der Waals surface area contributed by atoms with Crippen LogP contribution in [0.15, 0.2) is 24.3 Å². The minimum absolute atomic E-state index is 0.0583. The van der Waals surface area contributed by atoms with Gasteiger partial charge in [0.2, 0.25) is 0 Å². The number of aliphatic hydroxyl groups excluding tert-OH is 1. The molecule has 0 fully saturated rings. The third-order valence-corrected chi connectivity index (χ3v) is 3.94. The van der Waals surface area contributed by atoms with E-state index in [-0.39, 0.29) is 24.2 Å². The standard InChI is InChI=1S/C16H27NO2/c1-5-14(17)15(11-18)19-13-9-7-12(8-10-13)16(3,4)6-2/h7-10,14-15,18H,5-6,11,17H2,1-4H3. The Balaban J connectivity index is 2.76. The van der Waals surface area contributed by atoms with E-state index in [0.717, 1.165) is 18.6 Å². The molecule has 1 aromatic rings. The number of hydrogen-bond acceptors (Lipinski definition) is 3. The number of ether oxygens (including phenoxy) is 1. The summed E-state index contributed by atoms with van der Waals surface area (Å²) >= 11 is 0. The quantitative estimate of drug-likeness (QED) is 0.797. The molecule has 0 bridgehead atoms. The van der Waals surface area contributed by atoms with Crippen LogP contribution in [-0.4, -0.2) is 23.9 Å². The fourth-order valence-electron chi connectivity index (χ4n) is 1.89. The van der Waals surface area contributed by atoms with Crippen molar-refractivity contribution in [1.82, 2.24) is 0 Å². The van der Waals surface area contributed by atoms with Gasteiger partial charge in [0.25, 0.3) is 0 Å². The first-order valence-corrected chi connectivity index (χ1v) is 7.08. The summed E-state index contributed by atoms with van der Waals surface area (Å²) in [4.78, 5) is 0. The maximum Gasteiger partial charge on any atom is 0.137 e. The third-order valence-electron chi connectivity index (χ3n) is 3.94. The highest BCUT2D eigenvalue weighted by atomic mass is 16.5. The zero-order valence-electron chi connectivity index (χ0n) is 12.5. The topological polar surface area (TPSA) is 55.5 Å². The van der Waals surface area contributed by atoms with Crippen molar-refractivity contribution in [1.29, 1.82) is 0 Å². The van der Waals surface area contributed by atoms with Crippen molar-refractivity contribution in [2.24, 2.45) is 5.73 Å². The smallest absolute Gasteiger partial charge is 0.137 e. The monoisotopic (exact) mass is 265 g/mol. The summed E-state index contributed by atoms with van der Waals surface area (Å²) in [6, 6.07) is 7.95. The van der Waals surface area contributed by atoms with Crippen molar-refractivity contribution >= 4 is 0 Å². The van der Waals surface area contributed by atoms with E-state index in [1.165, 1.54) is 5.56 Å². The van der Waals surface area contributed by atoms with Crippen LogP contribution in [0.25, 0.3) is 0 Å². The first kappa shape index (κ1) is 16.0. The van der Waals surface area contributed by atoms with Gasteiger partial charge in [0.05, 0.1) is 6.61 Å². The molecule has 3 heteroatoms. The van der Waals surface area contributed by atoms with Crippen LogP contribution in [0.3, 0.4) is 0 Å². The Morgan fingerprint density at radius 3 is 2.21 bits per heavy atom. The molecule has 3 nitrogen and oxygen atoms in total. The average Bonchev–Trinajstić information content (AvgIpc) is 2.44. The molecule has 19 heavy (non-hydrogen) atoms. The molecule has 0 aliphatic carbocycles. The van der Waals surface area contributed by atoms with E-state index in [9.17, 15) is 5.11 Å². The molecule has 1 aromatic carbocycles. The van der Waals surface area contributed by atoms with Crippen molar-refractivity contribution in [3.05, 3.63) is 29.8 Å². The van der Waals surface area contributed by atoms with Gasteiger partial charge in [0.1, 0.15) is 11.9 Å². The minimum Gasteiger partial charge on any atom is -0.486 e. The average molecular weight is 265 g/mol. The molecule has 0 heterocycles. The van der Waals surface area contributed by atoms with Gasteiger partial charge in [-0.15, -0.1) is 0 Å². The molecule has 0 saturated heterocycles. The lowest BCUT2D eigenvalue weighted by Crippen LogP contribution is -2.41. The van der Waals surface area contributed by atoms with Crippen molar-refractivity contribution in [3.63, 3.8) is 0 Å². The summed E-state index contributed by atoms with van der Waals surface area (Å²) in [5.41, 5.74) is 7.38. The zero-order valence-corrected chi connectivity index (χ0v) is 12.5. The zero-order chi connectivity index (χ0) is 14.5. The predicted molar refractivity (Wildman–Crippen MR) is 79.5 cm³/mol. The first-order chi connectivity index (χ1) is 8.94. The fourth-order valence-corrected chi connectivity index (χ4v) is 1.89. The highest BCUT2D eigenvalue weighted by Crippen LogP contribution is 2.28. The SMILES string of the molecule is CCC(N)C(CO)Oc1ccc(C(C)(C)CC)cc1. The summed E-state index contributed by atoms with van der Waals surface area (Å²) in [6.07, 6.45) is 1.54. The van der Waals surface area contributed by atoms with Crippen molar-refractivity contribution in [2.45, 2.75) is 58.1 Å². The summed E-state index contributed by atoms with van der Waals surface area (Å²) in [5.74, 6) is 0.763. The molecule has 0 amide bonds. The molecular formula is C16H27NO2. The van der Waals surface area contributed by atoms with E-state index in [1.54, 1.807) is 0 Å². The van der Waals surface area contributed by atoms with Crippen LogP contribution in [0, 0.1) is 0 Å². The lowest BCUT2D eigenvalue weighted by atomic mass is 9.82. The van der Waals surface area contributed by atoms with Gasteiger partial charge in [-0.3, -0.25) is 0 Å². The van der Waals surface area contributed by atoms with Gasteiger partial charge < -0.3 is 15.6 Å². The van der Waals surface area contributed by atoms with Crippen LogP contribution < -0.4 is 10.5 Å². The summed E-state index contributed by atoms with van der Waals surface area (Å²) < 4.78 is 5.74. The molecule has 2 unspecified atom stereocenters. The van der Waals surface area contributed by atoms with Gasteiger partial charge in [-0.05, 0) is 36.0 Å². The number of aliphatic hydroxyl groups is 1. The van der Waals surface area contributed by atoms with Gasteiger partial charge >= 0.3 is 0 Å². The molecule has 0 radical (unpaired) electrons. The molecule has 0 aromatic heterocycles. The second kappa shape index (κ2) is 6.92. The van der Waals surface area contributed by atoms with Crippen molar-refractivity contribution in [3.8, 4) is 5.75 Å². The van der Waals surface area contributed by atoms with Crippen LogP contribution in [0.1, 0.15) is 46.1 Å². The lowest BCUT2D eigenvalue weighted by Gasteiger charge is -2.25. The van der Waals surface area contributed by atoms with Crippen LogP contribution in [0.5, 0.6) is 5.75 Å². The van der Waals surface area contributed by atoms with E-state index in [1.807, 2.05) is 19.1 Å². The van der Waals surface area contributed by atoms with E-state index in [2.05, 4.69) is 32.9 Å². The van der Waals surface area contributed by atoms with Crippen molar-refractivity contribution in [2.75, 3.05) is 6.61 Å². The molecule has 0 spiro atoms. The maximum absolute atomic E-state index is 9.31. The molecule has 108 valence electrons. The Morgan fingerprint density at radius 2 is 1.79 bits per heavy atom. The van der Waals surface area contributed by atoms with Gasteiger partial charge in [0, 0.05) is 6.04 Å². The van der Waals surface area contributed by atoms with Crippen LogP contribution in [-0.2, 0) is 5.41 Å². The van der Waals surface area contributed by atoms with Gasteiger partial charge in [0.15, 0.2) is 0 Å². The van der Waals surface area contributed by atoms with E-state index < -0.39 is 0 Å². The van der Waals surface area contributed by atoms with Crippen molar-refractivity contribution < 1.29 is 9.84 Å². The Kier molecular flexibility index (Phi) is 5.83. The molecular weight excluding hydrogens is 238 g/mol. The fraction of sp³-hybridized carbons (Fsp3) is 0.625. The van der Waals surface area contributed by atoms with E-state index >= 15 is 0 Å². The maximum atomic E-state index is 9.31. The molecule has 0 saturated carbocycles. The highest BCUT2D eigenvalue weighted by Gasteiger charge is 2.19. The predicted octanol–water partition coefficient (Wildman–Crippen LogP) is 2.85. The summed E-state index contributed by atoms with van der Waals surface area (Å²) in [5, 5.41) is 9.31. The number of hydrogen-bond donors (Lipinski definition) is 2. The molecule has 0 aliphatic heterocycles. The first-order valence-electron chi connectivity index (χ1n) is 7.08. The Morgan fingerprint density at radius 1 is 1.21 bits per heavy atom. The Labute approximate surface area is 116 Å². The second-order valence-electron chi connectivity index (χ2n) is 5.67. The highest BCUT2D eigenvalue weighted by molar-refractivity contribution is 5.31. The second-order valence-corrected chi connectivity index (χ2v) is 5.67. The van der Waals surface area contributed by atoms with Crippen LogP contribution in [0.4, 0.5) is 0 Å². The molecule has 1 rings (SSSR count). The minimum atomic E-state index is -0.338. The molecule has 0 aliphatic rings. The number of rotatable bonds is 7. The Hall–Kier alpha value is -1.06. The Bertz CT molecular complexity index is 373. The lowest BCUT2D eigenvalue weighted by molar-refractivity contribution is 0.0932. The summed E-state index contributed by atoms with van der Waals surface area (Å²) in [6.45, 7) is 8.58. The number of benzene rings is 1. The summed E-state index contributed by atoms with van der Waals surface area (Å²) in [7, 11) is 0. The van der Waals surface area contributed by atoms with Crippen LogP contribution in [0.2, 0.25) is 0 Å². The van der Waals surface area contributed by atoms with Crippen LogP contribution >= 0.6 is 0 Å². The van der Waals surface area contributed by atoms with Gasteiger partial charge in [-0.1, -0.05) is 39.8 Å².